The molecule has 0 radical (unpaired) electrons. The highest BCUT2D eigenvalue weighted by Crippen LogP contribution is 2.41. The molecule has 0 spiro atoms. The first-order chi connectivity index (χ1) is 14.0. The number of hydrogen-bond donors (Lipinski definition) is 3. The Morgan fingerprint density at radius 2 is 2.14 bits per heavy atom. The summed E-state index contributed by atoms with van der Waals surface area (Å²) in [6, 6.07) is -0.329. The molecule has 0 aromatic carbocycles. The molecule has 1 atom stereocenters. The van der Waals surface area contributed by atoms with Gasteiger partial charge in [0.15, 0.2) is 11.6 Å². The van der Waals surface area contributed by atoms with Crippen molar-refractivity contribution in [3.05, 3.63) is 22.3 Å². The van der Waals surface area contributed by atoms with Crippen molar-refractivity contribution >= 4 is 45.5 Å². The largest absolute Gasteiger partial charge is 0.465 e. The van der Waals surface area contributed by atoms with Crippen LogP contribution in [-0.4, -0.2) is 35.0 Å². The molecule has 2 aromatic heterocycles. The number of hydrogen-bond acceptors (Lipinski definition) is 8. The third-order valence-electron chi connectivity index (χ3n) is 5.22. The van der Waals surface area contributed by atoms with Gasteiger partial charge >= 0.3 is 5.97 Å². The number of ether oxygens (including phenoxy) is 1. The number of thiophene rings is 1. The third-order valence-corrected chi connectivity index (χ3v) is 6.43. The molecule has 1 unspecified atom stereocenters. The number of carbonyl (C=O) groups excluding carboxylic acids is 2. The lowest BCUT2D eigenvalue weighted by Crippen LogP contribution is -2.40. The molecule has 0 saturated heterocycles. The van der Waals surface area contributed by atoms with Gasteiger partial charge in [-0.3, -0.25) is 4.79 Å². The Morgan fingerprint density at radius 3 is 2.90 bits per heavy atom. The van der Waals surface area contributed by atoms with E-state index in [1.54, 1.807) is 11.3 Å². The van der Waals surface area contributed by atoms with Crippen LogP contribution in [0.5, 0.6) is 0 Å². The van der Waals surface area contributed by atoms with E-state index in [0.717, 1.165) is 31.2 Å². The molecule has 3 heterocycles. The quantitative estimate of drug-likeness (QED) is 0.639. The van der Waals surface area contributed by atoms with Gasteiger partial charge in [0.2, 0.25) is 5.91 Å². The van der Waals surface area contributed by atoms with Gasteiger partial charge < -0.3 is 20.7 Å². The number of rotatable bonds is 5. The number of aryl methyl sites for hydroxylation is 1. The van der Waals surface area contributed by atoms with E-state index in [-0.39, 0.29) is 17.9 Å². The van der Waals surface area contributed by atoms with Crippen LogP contribution >= 0.6 is 11.3 Å². The smallest absolute Gasteiger partial charge is 0.341 e. The number of esters is 1. The van der Waals surface area contributed by atoms with Crippen molar-refractivity contribution in [2.45, 2.75) is 52.0 Å². The molecule has 1 aliphatic heterocycles. The zero-order valence-electron chi connectivity index (χ0n) is 16.8. The van der Waals surface area contributed by atoms with Gasteiger partial charge in [0.25, 0.3) is 0 Å². The van der Waals surface area contributed by atoms with Crippen LogP contribution in [0, 0.1) is 5.92 Å². The van der Waals surface area contributed by atoms with Crippen LogP contribution in [0.15, 0.2) is 6.33 Å². The van der Waals surface area contributed by atoms with Crippen LogP contribution < -0.4 is 16.0 Å². The molecule has 9 heteroatoms. The first kappa shape index (κ1) is 19.6. The first-order valence-electron chi connectivity index (χ1n) is 9.90. The van der Waals surface area contributed by atoms with Crippen molar-refractivity contribution in [2.24, 2.45) is 5.92 Å². The molecular formula is C20H25N5O3S. The molecule has 0 saturated carbocycles. The maximum absolute atomic E-state index is 12.5. The van der Waals surface area contributed by atoms with E-state index in [1.807, 2.05) is 0 Å². The predicted octanol–water partition coefficient (Wildman–Crippen LogP) is 3.73. The number of anilines is 4. The van der Waals surface area contributed by atoms with E-state index >= 15 is 0 Å². The Balaban J connectivity index is 1.68. The number of carbonyl (C=O) groups is 2. The fourth-order valence-electron chi connectivity index (χ4n) is 3.87. The van der Waals surface area contributed by atoms with Crippen LogP contribution in [0.1, 0.15) is 53.9 Å². The number of nitrogens with one attached hydrogen (secondary N) is 3. The SMILES string of the molecule is COC(=O)c1c(Nc2ncnc3c2NC(=O)C(CC(C)C)N3)sc2c1CCCC2. The maximum Gasteiger partial charge on any atom is 0.341 e. The zero-order chi connectivity index (χ0) is 20.5. The van der Waals surface area contributed by atoms with Gasteiger partial charge in [-0.1, -0.05) is 13.8 Å². The molecular weight excluding hydrogens is 390 g/mol. The summed E-state index contributed by atoms with van der Waals surface area (Å²) < 4.78 is 5.03. The third kappa shape index (κ3) is 3.78. The number of fused-ring (bicyclic) bond motifs is 2. The van der Waals surface area contributed by atoms with Crippen LogP contribution in [-0.2, 0) is 22.4 Å². The van der Waals surface area contributed by atoms with Gasteiger partial charge in [-0.15, -0.1) is 11.3 Å². The lowest BCUT2D eigenvalue weighted by molar-refractivity contribution is -0.117. The molecule has 3 N–H and O–H groups in total. The lowest BCUT2D eigenvalue weighted by atomic mass is 9.95. The minimum atomic E-state index is -0.353. The number of amides is 1. The summed E-state index contributed by atoms with van der Waals surface area (Å²) in [5.41, 5.74) is 2.14. The van der Waals surface area contributed by atoms with Crippen molar-refractivity contribution < 1.29 is 14.3 Å². The van der Waals surface area contributed by atoms with E-state index in [1.165, 1.54) is 18.3 Å². The van der Waals surface area contributed by atoms with Gasteiger partial charge in [0.1, 0.15) is 23.1 Å². The van der Waals surface area contributed by atoms with Crippen molar-refractivity contribution in [1.29, 1.82) is 0 Å². The van der Waals surface area contributed by atoms with E-state index in [4.69, 9.17) is 4.74 Å². The number of nitrogens with zero attached hydrogens (tertiary/aromatic N) is 2. The van der Waals surface area contributed by atoms with E-state index < -0.39 is 0 Å². The summed E-state index contributed by atoms with van der Waals surface area (Å²) in [5.74, 6) is 0.951. The highest BCUT2D eigenvalue weighted by Gasteiger charge is 2.31. The highest BCUT2D eigenvalue weighted by molar-refractivity contribution is 7.16. The summed E-state index contributed by atoms with van der Waals surface area (Å²) in [7, 11) is 1.39. The Bertz CT molecular complexity index is 956. The second-order valence-corrected chi connectivity index (χ2v) is 8.90. The van der Waals surface area contributed by atoms with Gasteiger partial charge in [0.05, 0.1) is 12.7 Å². The standard InChI is InChI=1S/C20H25N5O3S/c1-10(2)8-12-18(26)24-15-16(23-12)21-9-22-17(15)25-19-14(20(27)28-3)11-6-4-5-7-13(11)29-19/h9-10,12H,4-8H2,1-3H3,(H,24,26)(H2,21,22,23,25). The van der Waals surface area contributed by atoms with Crippen LogP contribution in [0.25, 0.3) is 0 Å². The van der Waals surface area contributed by atoms with Gasteiger partial charge in [0, 0.05) is 4.88 Å². The van der Waals surface area contributed by atoms with Crippen LogP contribution in [0.2, 0.25) is 0 Å². The summed E-state index contributed by atoms with van der Waals surface area (Å²) in [6.07, 6.45) is 6.17. The number of methoxy groups -OCH3 is 1. The van der Waals surface area contributed by atoms with E-state index in [0.29, 0.717) is 40.2 Å². The van der Waals surface area contributed by atoms with Crippen LogP contribution in [0.4, 0.5) is 22.3 Å². The summed E-state index contributed by atoms with van der Waals surface area (Å²) in [5, 5.41) is 10.1. The monoisotopic (exact) mass is 415 g/mol. The Kier molecular flexibility index (Phi) is 5.40. The normalized spacial score (nSPS) is 17.8. The Hall–Kier alpha value is -2.68. The molecule has 29 heavy (non-hydrogen) atoms. The second kappa shape index (κ2) is 7.98. The van der Waals surface area contributed by atoms with Gasteiger partial charge in [-0.2, -0.15) is 0 Å². The fraction of sp³-hybridized carbons (Fsp3) is 0.500. The average Bonchev–Trinajstić information content (AvgIpc) is 3.06. The molecule has 4 rings (SSSR count). The molecule has 1 amide bonds. The van der Waals surface area contributed by atoms with Crippen molar-refractivity contribution in [3.63, 3.8) is 0 Å². The molecule has 0 bridgehead atoms. The molecule has 1 aliphatic carbocycles. The lowest BCUT2D eigenvalue weighted by Gasteiger charge is -2.27. The minimum Gasteiger partial charge on any atom is -0.465 e. The molecule has 8 nitrogen and oxygen atoms in total. The topological polar surface area (TPSA) is 105 Å². The maximum atomic E-state index is 12.5. The average molecular weight is 416 g/mol. The molecule has 154 valence electrons. The Morgan fingerprint density at radius 1 is 1.34 bits per heavy atom. The molecule has 0 fully saturated rings. The summed E-state index contributed by atoms with van der Waals surface area (Å²) >= 11 is 1.56. The summed E-state index contributed by atoms with van der Waals surface area (Å²) in [4.78, 5) is 34.8. The van der Waals surface area contributed by atoms with Crippen molar-refractivity contribution in [3.8, 4) is 0 Å². The highest BCUT2D eigenvalue weighted by atomic mass is 32.1. The van der Waals surface area contributed by atoms with Crippen molar-refractivity contribution in [1.82, 2.24) is 9.97 Å². The summed E-state index contributed by atoms with van der Waals surface area (Å²) in [6.45, 7) is 4.15. The minimum absolute atomic E-state index is 0.109. The number of aromatic nitrogens is 2. The van der Waals surface area contributed by atoms with Crippen LogP contribution in [0.3, 0.4) is 0 Å². The molecule has 2 aliphatic rings. The Labute approximate surface area is 173 Å². The van der Waals surface area contributed by atoms with E-state index in [2.05, 4.69) is 39.8 Å². The fourth-order valence-corrected chi connectivity index (χ4v) is 5.14. The molecule has 2 aromatic rings. The first-order valence-corrected chi connectivity index (χ1v) is 10.7. The van der Waals surface area contributed by atoms with E-state index in [9.17, 15) is 9.59 Å². The zero-order valence-corrected chi connectivity index (χ0v) is 17.6. The predicted molar refractivity (Wildman–Crippen MR) is 113 cm³/mol. The van der Waals surface area contributed by atoms with Crippen molar-refractivity contribution in [2.75, 3.05) is 23.1 Å². The van der Waals surface area contributed by atoms with Gasteiger partial charge in [-0.05, 0) is 43.6 Å². The van der Waals surface area contributed by atoms with Gasteiger partial charge in [-0.25, -0.2) is 14.8 Å². The second-order valence-electron chi connectivity index (χ2n) is 7.79.